The first-order valence-corrected chi connectivity index (χ1v) is 10.1. The highest BCUT2D eigenvalue weighted by Gasteiger charge is 2.19. The second-order valence-electron chi connectivity index (χ2n) is 7.46. The molecule has 1 fully saturated rings. The third-order valence-corrected chi connectivity index (χ3v) is 5.21. The molecule has 31 heavy (non-hydrogen) atoms. The number of rotatable bonds is 4. The first kappa shape index (κ1) is 19.3. The Hall–Kier alpha value is -3.72. The molecule has 0 saturated carbocycles. The van der Waals surface area contributed by atoms with E-state index in [1.807, 2.05) is 30.3 Å². The van der Waals surface area contributed by atoms with Gasteiger partial charge in [-0.15, -0.1) is 0 Å². The number of Topliss-reactive ketones (excluding diaryl/α,β-unsaturated/α-hetero) is 1. The van der Waals surface area contributed by atoms with Crippen LogP contribution in [0.25, 0.3) is 11.3 Å². The number of anilines is 4. The molecule has 0 unspecified atom stereocenters. The Kier molecular flexibility index (Phi) is 5.09. The van der Waals surface area contributed by atoms with E-state index in [1.165, 1.54) is 0 Å². The van der Waals surface area contributed by atoms with Crippen molar-refractivity contribution in [2.45, 2.75) is 6.42 Å². The van der Waals surface area contributed by atoms with Crippen LogP contribution in [-0.4, -0.2) is 53.6 Å². The zero-order chi connectivity index (χ0) is 21.2. The molecule has 1 saturated heterocycles. The Balaban J connectivity index is 1.49. The second kappa shape index (κ2) is 8.19. The van der Waals surface area contributed by atoms with Gasteiger partial charge in [-0.25, -0.2) is 9.97 Å². The predicted octanol–water partition coefficient (Wildman–Crippen LogP) is 2.21. The molecule has 0 amide bonds. The molecule has 9 heteroatoms. The summed E-state index contributed by atoms with van der Waals surface area (Å²) in [6.07, 6.45) is 2.10. The summed E-state index contributed by atoms with van der Waals surface area (Å²) in [5.41, 5.74) is 9.04. The van der Waals surface area contributed by atoms with Crippen molar-refractivity contribution in [1.29, 1.82) is 0 Å². The molecule has 0 spiro atoms. The molecule has 1 aromatic carbocycles. The fraction of sp³-hybridized carbons (Fsp3) is 0.273. The maximum absolute atomic E-state index is 11.6. The summed E-state index contributed by atoms with van der Waals surface area (Å²) in [7, 11) is 0. The number of hydrogen-bond donors (Lipinski definition) is 2. The number of pyridine rings is 1. The van der Waals surface area contributed by atoms with Crippen molar-refractivity contribution in [3.05, 3.63) is 48.2 Å². The molecule has 2 aliphatic heterocycles. The van der Waals surface area contributed by atoms with E-state index >= 15 is 0 Å². The van der Waals surface area contributed by atoms with Gasteiger partial charge in [0.2, 0.25) is 5.95 Å². The second-order valence-corrected chi connectivity index (χ2v) is 7.46. The van der Waals surface area contributed by atoms with E-state index in [0.717, 1.165) is 41.3 Å². The maximum atomic E-state index is 11.6. The van der Waals surface area contributed by atoms with Gasteiger partial charge < -0.3 is 25.4 Å². The number of aromatic nitrogens is 3. The quantitative estimate of drug-likeness (QED) is 0.658. The van der Waals surface area contributed by atoms with Gasteiger partial charge in [-0.05, 0) is 18.2 Å². The first-order valence-electron chi connectivity index (χ1n) is 10.1. The number of nitrogens with two attached hydrogens (primary N) is 1. The summed E-state index contributed by atoms with van der Waals surface area (Å²) in [6.45, 7) is 2.84. The van der Waals surface area contributed by atoms with Crippen molar-refractivity contribution in [3.8, 4) is 17.0 Å². The van der Waals surface area contributed by atoms with Crippen LogP contribution in [0.2, 0.25) is 0 Å². The fourth-order valence-electron chi connectivity index (χ4n) is 3.59. The van der Waals surface area contributed by atoms with Crippen molar-refractivity contribution in [1.82, 2.24) is 15.0 Å². The Morgan fingerprint density at radius 2 is 1.94 bits per heavy atom. The summed E-state index contributed by atoms with van der Waals surface area (Å²) in [4.78, 5) is 27.4. The van der Waals surface area contributed by atoms with Crippen molar-refractivity contribution < 1.29 is 14.3 Å². The third-order valence-electron chi connectivity index (χ3n) is 5.21. The molecule has 9 nitrogen and oxygen atoms in total. The van der Waals surface area contributed by atoms with Crippen LogP contribution in [0.5, 0.6) is 5.75 Å². The number of nitrogens with zero attached hydrogens (tertiary/aromatic N) is 4. The number of morpholine rings is 1. The number of hydrogen-bond acceptors (Lipinski definition) is 9. The highest BCUT2D eigenvalue weighted by molar-refractivity contribution is 5.85. The van der Waals surface area contributed by atoms with E-state index in [-0.39, 0.29) is 12.4 Å². The van der Waals surface area contributed by atoms with E-state index in [2.05, 4.69) is 15.2 Å². The van der Waals surface area contributed by atoms with Crippen LogP contribution in [0.1, 0.15) is 5.56 Å². The normalized spacial score (nSPS) is 15.9. The Bertz CT molecular complexity index is 1110. The lowest BCUT2D eigenvalue weighted by Crippen LogP contribution is -2.37. The number of nitrogens with one attached hydrogen (secondary N) is 1. The molecule has 0 radical (unpaired) electrons. The molecule has 2 aliphatic rings. The monoisotopic (exact) mass is 418 g/mol. The van der Waals surface area contributed by atoms with Crippen LogP contribution in [-0.2, 0) is 16.0 Å². The largest absolute Gasteiger partial charge is 0.485 e. The number of carbonyl (C=O) groups is 1. The summed E-state index contributed by atoms with van der Waals surface area (Å²) in [5, 5.41) is 3.35. The molecule has 2 aromatic heterocycles. The minimum Gasteiger partial charge on any atom is -0.485 e. The summed E-state index contributed by atoms with van der Waals surface area (Å²) in [5.74, 6) is 2.53. The lowest BCUT2D eigenvalue weighted by Gasteiger charge is -2.27. The van der Waals surface area contributed by atoms with Gasteiger partial charge in [0, 0.05) is 54.7 Å². The van der Waals surface area contributed by atoms with Crippen LogP contribution in [0.3, 0.4) is 0 Å². The number of ether oxygens (including phenoxy) is 2. The maximum Gasteiger partial charge on any atom is 0.228 e. The molecule has 0 aliphatic carbocycles. The minimum absolute atomic E-state index is 0.0842. The molecule has 0 bridgehead atoms. The number of benzene rings is 1. The molecule has 0 atom stereocenters. The molecular formula is C22H22N6O3. The van der Waals surface area contributed by atoms with Crippen LogP contribution < -0.4 is 20.7 Å². The van der Waals surface area contributed by atoms with Crippen LogP contribution in [0, 0.1) is 0 Å². The number of carbonyl (C=O) groups excluding carboxylic acids is 1. The van der Waals surface area contributed by atoms with E-state index in [0.29, 0.717) is 37.2 Å². The highest BCUT2D eigenvalue weighted by Crippen LogP contribution is 2.30. The van der Waals surface area contributed by atoms with Gasteiger partial charge >= 0.3 is 0 Å². The molecule has 3 N–H and O–H groups in total. The molecular weight excluding hydrogens is 396 g/mol. The predicted molar refractivity (Wildman–Crippen MR) is 117 cm³/mol. The Morgan fingerprint density at radius 1 is 1.06 bits per heavy atom. The van der Waals surface area contributed by atoms with Gasteiger partial charge in [-0.3, -0.25) is 4.79 Å². The summed E-state index contributed by atoms with van der Waals surface area (Å²) in [6, 6.07) is 11.2. The molecule has 5 rings (SSSR count). The number of ketones is 1. The van der Waals surface area contributed by atoms with E-state index < -0.39 is 0 Å². The van der Waals surface area contributed by atoms with Crippen molar-refractivity contribution in [2.24, 2.45) is 0 Å². The smallest absolute Gasteiger partial charge is 0.228 e. The molecule has 158 valence electrons. The van der Waals surface area contributed by atoms with Gasteiger partial charge in [-0.1, -0.05) is 6.07 Å². The average Bonchev–Trinajstić information content (AvgIpc) is 2.80. The van der Waals surface area contributed by atoms with E-state index in [4.69, 9.17) is 25.2 Å². The van der Waals surface area contributed by atoms with Crippen molar-refractivity contribution in [3.63, 3.8) is 0 Å². The van der Waals surface area contributed by atoms with Gasteiger partial charge in [0.05, 0.1) is 18.9 Å². The van der Waals surface area contributed by atoms with Crippen LogP contribution in [0.4, 0.5) is 23.3 Å². The first-order chi connectivity index (χ1) is 15.1. The minimum atomic E-state index is 0.0842. The van der Waals surface area contributed by atoms with Gasteiger partial charge in [-0.2, -0.15) is 4.98 Å². The van der Waals surface area contributed by atoms with Gasteiger partial charge in [0.25, 0.3) is 0 Å². The van der Waals surface area contributed by atoms with E-state index in [9.17, 15) is 4.79 Å². The number of fused-ring (bicyclic) bond motifs is 1. The van der Waals surface area contributed by atoms with Crippen molar-refractivity contribution in [2.75, 3.05) is 48.9 Å². The number of nitrogen functional groups attached to an aromatic ring is 1. The summed E-state index contributed by atoms with van der Waals surface area (Å²) >= 11 is 0. The lowest BCUT2D eigenvalue weighted by atomic mass is 10.1. The van der Waals surface area contributed by atoms with Gasteiger partial charge in [0.1, 0.15) is 24.0 Å². The third kappa shape index (κ3) is 4.26. The topological polar surface area (TPSA) is 115 Å². The van der Waals surface area contributed by atoms with Crippen LogP contribution >= 0.6 is 0 Å². The SMILES string of the molecule is Nc1ccc(-c2cc(Nc3ccc4c(c3)OCC(=O)C4)nc(N3CCOCC3)n2)cn1. The fourth-order valence-corrected chi connectivity index (χ4v) is 3.59. The molecule has 4 heterocycles. The standard InChI is InChI=1S/C22H22N6O3/c23-20-4-2-15(12-24-20)18-11-21(27-22(26-18)28-5-7-30-8-6-28)25-16-3-1-14-9-17(29)13-31-19(14)10-16/h1-4,10-12H,5-9,13H2,(H2,23,24)(H,25,26,27). The zero-order valence-corrected chi connectivity index (χ0v) is 16.9. The van der Waals surface area contributed by atoms with Crippen LogP contribution in [0.15, 0.2) is 42.6 Å². The van der Waals surface area contributed by atoms with Gasteiger partial charge in [0.15, 0.2) is 5.78 Å². The Morgan fingerprint density at radius 3 is 2.74 bits per heavy atom. The Labute approximate surface area is 179 Å². The van der Waals surface area contributed by atoms with Crippen molar-refractivity contribution >= 4 is 29.1 Å². The van der Waals surface area contributed by atoms with E-state index in [1.54, 1.807) is 12.3 Å². The average molecular weight is 418 g/mol. The highest BCUT2D eigenvalue weighted by atomic mass is 16.5. The lowest BCUT2D eigenvalue weighted by molar-refractivity contribution is -0.121. The molecule has 3 aromatic rings. The zero-order valence-electron chi connectivity index (χ0n) is 16.9. The summed E-state index contributed by atoms with van der Waals surface area (Å²) < 4.78 is 11.0.